The van der Waals surface area contributed by atoms with Crippen LogP contribution in [0.1, 0.15) is 15.9 Å². The van der Waals surface area contributed by atoms with Crippen LogP contribution in [0.15, 0.2) is 65.6 Å². The van der Waals surface area contributed by atoms with Crippen LogP contribution in [0.5, 0.6) is 5.75 Å². The number of ether oxygens (including phenoxy) is 1. The van der Waals surface area contributed by atoms with Gasteiger partial charge in [-0.25, -0.2) is 13.2 Å². The van der Waals surface area contributed by atoms with Crippen LogP contribution >= 0.6 is 11.6 Å². The molecule has 0 radical (unpaired) electrons. The topological polar surface area (TPSA) is 92.7 Å². The molecule has 0 heterocycles. The average molecular weight is 486 g/mol. The van der Waals surface area contributed by atoms with E-state index in [-0.39, 0.29) is 22.6 Å². The van der Waals surface area contributed by atoms with Crippen molar-refractivity contribution >= 4 is 33.3 Å². The van der Waals surface area contributed by atoms with Crippen LogP contribution in [0.25, 0.3) is 11.1 Å². The second-order valence-corrected chi connectivity index (χ2v) is 8.63. The van der Waals surface area contributed by atoms with Gasteiger partial charge in [0, 0.05) is 10.6 Å². The zero-order valence-corrected chi connectivity index (χ0v) is 17.8. The fourth-order valence-electron chi connectivity index (χ4n) is 2.93. The SMILES string of the molecule is COc1ccc(C(=O)O)cc1S(=O)(=O)Nc1cc(C(F)(F)F)ccc1-c1cccc(Cl)c1. The molecule has 0 amide bonds. The molecule has 0 unspecified atom stereocenters. The minimum Gasteiger partial charge on any atom is -0.495 e. The van der Waals surface area contributed by atoms with Crippen molar-refractivity contribution in [1.82, 2.24) is 0 Å². The first kappa shape index (κ1) is 23.4. The molecule has 3 aromatic rings. The molecule has 0 saturated carbocycles. The Hall–Kier alpha value is -3.24. The quantitative estimate of drug-likeness (QED) is 0.478. The minimum absolute atomic E-state index is 0.137. The molecule has 11 heteroatoms. The molecule has 168 valence electrons. The average Bonchev–Trinajstić information content (AvgIpc) is 2.72. The Morgan fingerprint density at radius 1 is 1.06 bits per heavy atom. The highest BCUT2D eigenvalue weighted by Crippen LogP contribution is 2.38. The summed E-state index contributed by atoms with van der Waals surface area (Å²) >= 11 is 5.98. The summed E-state index contributed by atoms with van der Waals surface area (Å²) in [5.41, 5.74) is -1.28. The number of carboxylic acid groups (broad SMARTS) is 1. The summed E-state index contributed by atoms with van der Waals surface area (Å²) in [6.45, 7) is 0. The fraction of sp³-hybridized carbons (Fsp3) is 0.0952. The van der Waals surface area contributed by atoms with E-state index in [1.165, 1.54) is 13.2 Å². The van der Waals surface area contributed by atoms with Crippen LogP contribution in [0.3, 0.4) is 0 Å². The van der Waals surface area contributed by atoms with Crippen molar-refractivity contribution in [3.8, 4) is 16.9 Å². The lowest BCUT2D eigenvalue weighted by Gasteiger charge is -2.17. The maximum Gasteiger partial charge on any atom is 0.416 e. The molecule has 0 spiro atoms. The zero-order valence-electron chi connectivity index (χ0n) is 16.3. The lowest BCUT2D eigenvalue weighted by atomic mass is 10.0. The Bertz CT molecular complexity index is 1290. The number of carbonyl (C=O) groups is 1. The van der Waals surface area contributed by atoms with E-state index in [1.807, 2.05) is 0 Å². The predicted octanol–water partition coefficient (Wildman–Crippen LogP) is 5.53. The number of aromatic carboxylic acids is 1. The number of sulfonamides is 1. The van der Waals surface area contributed by atoms with Gasteiger partial charge in [-0.1, -0.05) is 29.8 Å². The summed E-state index contributed by atoms with van der Waals surface area (Å²) in [5.74, 6) is -1.57. The van der Waals surface area contributed by atoms with Gasteiger partial charge >= 0.3 is 12.1 Å². The lowest BCUT2D eigenvalue weighted by molar-refractivity contribution is -0.137. The molecule has 0 bridgehead atoms. The normalized spacial score (nSPS) is 11.8. The molecule has 6 nitrogen and oxygen atoms in total. The Kier molecular flexibility index (Phi) is 6.38. The van der Waals surface area contributed by atoms with Gasteiger partial charge in [-0.3, -0.25) is 4.72 Å². The highest BCUT2D eigenvalue weighted by atomic mass is 35.5. The monoisotopic (exact) mass is 485 g/mol. The van der Waals surface area contributed by atoms with E-state index in [0.717, 1.165) is 30.3 Å². The van der Waals surface area contributed by atoms with Gasteiger partial charge in [0.25, 0.3) is 10.0 Å². The van der Waals surface area contributed by atoms with Gasteiger partial charge < -0.3 is 9.84 Å². The lowest BCUT2D eigenvalue weighted by Crippen LogP contribution is -2.16. The van der Waals surface area contributed by atoms with Crippen LogP contribution in [0.4, 0.5) is 18.9 Å². The summed E-state index contributed by atoms with van der Waals surface area (Å²) in [7, 11) is -3.38. The maximum absolute atomic E-state index is 13.3. The Balaban J connectivity index is 2.18. The van der Waals surface area contributed by atoms with E-state index in [9.17, 15) is 31.5 Å². The molecule has 32 heavy (non-hydrogen) atoms. The first-order valence-corrected chi connectivity index (χ1v) is 10.7. The second kappa shape index (κ2) is 8.71. The number of benzene rings is 3. The van der Waals surface area contributed by atoms with E-state index in [1.54, 1.807) is 18.2 Å². The molecule has 3 aromatic carbocycles. The highest BCUT2D eigenvalue weighted by molar-refractivity contribution is 7.92. The van der Waals surface area contributed by atoms with Crippen molar-refractivity contribution in [2.75, 3.05) is 11.8 Å². The molecular formula is C21H15ClF3NO5S. The van der Waals surface area contributed by atoms with E-state index in [0.29, 0.717) is 16.7 Å². The third-order valence-corrected chi connectivity index (χ3v) is 6.05. The van der Waals surface area contributed by atoms with Gasteiger partial charge in [0.15, 0.2) is 0 Å². The number of anilines is 1. The van der Waals surface area contributed by atoms with Gasteiger partial charge in [0.2, 0.25) is 0 Å². The van der Waals surface area contributed by atoms with Crippen molar-refractivity contribution in [3.05, 3.63) is 76.8 Å². The number of hydrogen-bond acceptors (Lipinski definition) is 4. The summed E-state index contributed by atoms with van der Waals surface area (Å²) < 4.78 is 73.2. The molecule has 0 fully saturated rings. The summed E-state index contributed by atoms with van der Waals surface area (Å²) in [5, 5.41) is 9.48. The number of carboxylic acids is 1. The van der Waals surface area contributed by atoms with E-state index in [4.69, 9.17) is 16.3 Å². The Morgan fingerprint density at radius 3 is 2.38 bits per heavy atom. The fourth-order valence-corrected chi connectivity index (χ4v) is 4.39. The molecule has 0 aromatic heterocycles. The summed E-state index contributed by atoms with van der Waals surface area (Å²) in [4.78, 5) is 10.7. The smallest absolute Gasteiger partial charge is 0.416 e. The van der Waals surface area contributed by atoms with Crippen molar-refractivity contribution in [3.63, 3.8) is 0 Å². The second-order valence-electron chi connectivity index (χ2n) is 6.54. The van der Waals surface area contributed by atoms with Gasteiger partial charge in [-0.05, 0) is 48.0 Å². The van der Waals surface area contributed by atoms with Crippen molar-refractivity contribution < 1.29 is 36.2 Å². The van der Waals surface area contributed by atoms with Crippen LogP contribution in [0.2, 0.25) is 5.02 Å². The molecule has 0 saturated heterocycles. The van der Waals surface area contributed by atoms with Gasteiger partial charge in [0.05, 0.1) is 23.9 Å². The first-order chi connectivity index (χ1) is 14.9. The van der Waals surface area contributed by atoms with Crippen molar-refractivity contribution in [2.45, 2.75) is 11.1 Å². The predicted molar refractivity (Wildman–Crippen MR) is 113 cm³/mol. The van der Waals surface area contributed by atoms with Crippen molar-refractivity contribution in [2.24, 2.45) is 0 Å². The number of nitrogens with one attached hydrogen (secondary N) is 1. The van der Waals surface area contributed by atoms with Gasteiger partial charge in [0.1, 0.15) is 10.6 Å². The molecular weight excluding hydrogens is 471 g/mol. The third-order valence-electron chi connectivity index (χ3n) is 4.43. The van der Waals surface area contributed by atoms with Gasteiger partial charge in [-0.15, -0.1) is 0 Å². The number of methoxy groups -OCH3 is 1. The number of alkyl halides is 3. The molecule has 0 aliphatic carbocycles. The third kappa shape index (κ3) is 4.97. The first-order valence-electron chi connectivity index (χ1n) is 8.84. The van der Waals surface area contributed by atoms with Crippen molar-refractivity contribution in [1.29, 1.82) is 0 Å². The molecule has 2 N–H and O–H groups in total. The standard InChI is InChI=1S/C21H15ClF3NO5S/c1-31-18-8-5-13(20(27)28)10-19(18)32(29,30)26-17-11-14(21(23,24)25)6-7-16(17)12-3-2-4-15(22)9-12/h2-11,26H,1H3,(H,27,28). The summed E-state index contributed by atoms with van der Waals surface area (Å²) in [6.07, 6.45) is -4.73. The van der Waals surface area contributed by atoms with Crippen LogP contribution in [-0.4, -0.2) is 26.6 Å². The highest BCUT2D eigenvalue weighted by Gasteiger charge is 2.32. The molecule has 0 aliphatic rings. The van der Waals surface area contributed by atoms with E-state index in [2.05, 4.69) is 4.72 Å². The zero-order chi connectivity index (χ0) is 23.7. The van der Waals surface area contributed by atoms with Crippen LogP contribution in [0, 0.1) is 0 Å². The molecule has 0 aliphatic heterocycles. The molecule has 0 atom stereocenters. The largest absolute Gasteiger partial charge is 0.495 e. The molecule has 3 rings (SSSR count). The minimum atomic E-state index is -4.73. The summed E-state index contributed by atoms with van der Waals surface area (Å²) in [6, 6.07) is 11.9. The Morgan fingerprint density at radius 2 is 1.78 bits per heavy atom. The van der Waals surface area contributed by atoms with Crippen LogP contribution < -0.4 is 9.46 Å². The number of rotatable bonds is 6. The van der Waals surface area contributed by atoms with E-state index < -0.39 is 32.6 Å². The maximum atomic E-state index is 13.3. The van der Waals surface area contributed by atoms with Gasteiger partial charge in [-0.2, -0.15) is 13.2 Å². The number of hydrogen-bond donors (Lipinski definition) is 2. The van der Waals surface area contributed by atoms with Crippen LogP contribution in [-0.2, 0) is 16.2 Å². The van der Waals surface area contributed by atoms with E-state index >= 15 is 0 Å². The number of halogens is 4. The Labute approximate surface area is 186 Å².